The largest absolute Gasteiger partial charge is 0.339 e. The van der Waals surface area contributed by atoms with Gasteiger partial charge in [-0.15, -0.1) is 0 Å². The zero-order chi connectivity index (χ0) is 11.3. The highest BCUT2D eigenvalue weighted by molar-refractivity contribution is 5.78. The van der Waals surface area contributed by atoms with E-state index in [1.165, 1.54) is 0 Å². The lowest BCUT2D eigenvalue weighted by Gasteiger charge is -2.31. The Kier molecular flexibility index (Phi) is 5.05. The maximum atomic E-state index is 11.9. The van der Waals surface area contributed by atoms with Gasteiger partial charge in [0.2, 0.25) is 5.91 Å². The van der Waals surface area contributed by atoms with Crippen molar-refractivity contribution in [2.24, 2.45) is 0 Å². The van der Waals surface area contributed by atoms with Crippen LogP contribution in [0.5, 0.6) is 0 Å². The molecule has 0 aliphatic carbocycles. The van der Waals surface area contributed by atoms with E-state index in [1.54, 1.807) is 0 Å². The van der Waals surface area contributed by atoms with Crippen LogP contribution in [0, 0.1) is 0 Å². The molecule has 4 nitrogen and oxygen atoms in total. The molecule has 0 radical (unpaired) electrons. The van der Waals surface area contributed by atoms with Gasteiger partial charge in [0.05, 0.1) is 6.54 Å². The van der Waals surface area contributed by atoms with Crippen molar-refractivity contribution in [3.63, 3.8) is 0 Å². The molecule has 1 aliphatic rings. The molecular formula is C11H23N3O. The second kappa shape index (κ2) is 6.08. The molecule has 1 amide bonds. The van der Waals surface area contributed by atoms with E-state index in [9.17, 15) is 4.79 Å². The average molecular weight is 213 g/mol. The van der Waals surface area contributed by atoms with E-state index in [4.69, 9.17) is 0 Å². The minimum Gasteiger partial charge on any atom is -0.339 e. The zero-order valence-electron chi connectivity index (χ0n) is 10.1. The summed E-state index contributed by atoms with van der Waals surface area (Å²) in [7, 11) is 0. The van der Waals surface area contributed by atoms with Gasteiger partial charge in [-0.3, -0.25) is 9.69 Å². The van der Waals surface area contributed by atoms with Crippen LogP contribution < -0.4 is 5.32 Å². The van der Waals surface area contributed by atoms with Gasteiger partial charge in [0.25, 0.3) is 0 Å². The fourth-order valence-electron chi connectivity index (χ4n) is 1.98. The molecule has 1 aliphatic heterocycles. The first kappa shape index (κ1) is 12.5. The van der Waals surface area contributed by atoms with Gasteiger partial charge in [0.15, 0.2) is 0 Å². The zero-order valence-corrected chi connectivity index (χ0v) is 10.1. The second-order valence-corrected chi connectivity index (χ2v) is 4.30. The Morgan fingerprint density at radius 3 is 2.47 bits per heavy atom. The van der Waals surface area contributed by atoms with Crippen LogP contribution in [-0.4, -0.2) is 61.0 Å². The molecule has 1 heterocycles. The Hall–Kier alpha value is -0.610. The smallest absolute Gasteiger partial charge is 0.236 e. The van der Waals surface area contributed by atoms with Crippen molar-refractivity contribution in [1.82, 2.24) is 15.1 Å². The summed E-state index contributed by atoms with van der Waals surface area (Å²) < 4.78 is 0. The number of nitrogens with zero attached hydrogens (tertiary/aromatic N) is 2. The van der Waals surface area contributed by atoms with Crippen molar-refractivity contribution < 1.29 is 4.79 Å². The first-order valence-electron chi connectivity index (χ1n) is 5.87. The molecule has 1 N–H and O–H groups in total. The quantitative estimate of drug-likeness (QED) is 0.722. The van der Waals surface area contributed by atoms with Crippen molar-refractivity contribution in [2.45, 2.75) is 26.8 Å². The molecule has 0 aromatic carbocycles. The van der Waals surface area contributed by atoms with E-state index in [-0.39, 0.29) is 5.91 Å². The SMILES string of the molecule is CCN(C(=O)CN1CCNCC1)C(C)C. The number of hydrogen-bond donors (Lipinski definition) is 1. The van der Waals surface area contributed by atoms with Gasteiger partial charge >= 0.3 is 0 Å². The second-order valence-electron chi connectivity index (χ2n) is 4.30. The van der Waals surface area contributed by atoms with E-state index in [0.717, 1.165) is 32.7 Å². The monoisotopic (exact) mass is 213 g/mol. The van der Waals surface area contributed by atoms with Crippen LogP contribution in [0.15, 0.2) is 0 Å². The van der Waals surface area contributed by atoms with Gasteiger partial charge < -0.3 is 10.2 Å². The lowest BCUT2D eigenvalue weighted by molar-refractivity contribution is -0.134. The first-order chi connectivity index (χ1) is 7.15. The Morgan fingerprint density at radius 1 is 1.40 bits per heavy atom. The Balaban J connectivity index is 2.38. The number of rotatable bonds is 4. The highest BCUT2D eigenvalue weighted by Gasteiger charge is 2.19. The maximum absolute atomic E-state index is 11.9. The van der Waals surface area contributed by atoms with Crippen LogP contribution in [0.1, 0.15) is 20.8 Å². The predicted octanol–water partition coefficient (Wildman–Crippen LogP) is 0.149. The molecule has 0 spiro atoms. The van der Waals surface area contributed by atoms with Gasteiger partial charge in [0, 0.05) is 38.8 Å². The molecule has 0 unspecified atom stereocenters. The van der Waals surface area contributed by atoms with Crippen LogP contribution >= 0.6 is 0 Å². The summed E-state index contributed by atoms with van der Waals surface area (Å²) in [6.07, 6.45) is 0. The third-order valence-corrected chi connectivity index (χ3v) is 2.85. The topological polar surface area (TPSA) is 35.6 Å². The van der Waals surface area contributed by atoms with Crippen LogP contribution in [0.2, 0.25) is 0 Å². The number of likely N-dealkylation sites (N-methyl/N-ethyl adjacent to an activating group) is 1. The summed E-state index contributed by atoms with van der Waals surface area (Å²) in [6, 6.07) is 0.311. The van der Waals surface area contributed by atoms with Crippen LogP contribution in [-0.2, 0) is 4.79 Å². The van der Waals surface area contributed by atoms with Crippen molar-refractivity contribution in [3.05, 3.63) is 0 Å². The molecule has 15 heavy (non-hydrogen) atoms. The highest BCUT2D eigenvalue weighted by Crippen LogP contribution is 2.01. The van der Waals surface area contributed by atoms with Gasteiger partial charge in [-0.25, -0.2) is 0 Å². The lowest BCUT2D eigenvalue weighted by atomic mass is 10.3. The average Bonchev–Trinajstić information content (AvgIpc) is 2.19. The maximum Gasteiger partial charge on any atom is 0.236 e. The van der Waals surface area contributed by atoms with Crippen molar-refractivity contribution >= 4 is 5.91 Å². The summed E-state index contributed by atoms with van der Waals surface area (Å²) in [5.74, 6) is 0.259. The summed E-state index contributed by atoms with van der Waals surface area (Å²) in [5.41, 5.74) is 0. The van der Waals surface area contributed by atoms with Gasteiger partial charge in [-0.05, 0) is 20.8 Å². The molecular weight excluding hydrogens is 190 g/mol. The predicted molar refractivity (Wildman–Crippen MR) is 61.8 cm³/mol. The lowest BCUT2D eigenvalue weighted by Crippen LogP contribution is -2.49. The summed E-state index contributed by atoms with van der Waals surface area (Å²) in [4.78, 5) is 16.1. The molecule has 88 valence electrons. The number of carbonyl (C=O) groups excluding carboxylic acids is 1. The van der Waals surface area contributed by atoms with Gasteiger partial charge in [-0.1, -0.05) is 0 Å². The molecule has 1 saturated heterocycles. The van der Waals surface area contributed by atoms with Crippen molar-refractivity contribution in [2.75, 3.05) is 39.3 Å². The highest BCUT2D eigenvalue weighted by atomic mass is 16.2. The fourth-order valence-corrected chi connectivity index (χ4v) is 1.98. The number of piperazine rings is 1. The number of nitrogens with one attached hydrogen (secondary N) is 1. The summed E-state index contributed by atoms with van der Waals surface area (Å²) in [6.45, 7) is 11.5. The Morgan fingerprint density at radius 2 is 2.00 bits per heavy atom. The van der Waals surface area contributed by atoms with Gasteiger partial charge in [0.1, 0.15) is 0 Å². The number of amides is 1. The van der Waals surface area contributed by atoms with Crippen molar-refractivity contribution in [1.29, 1.82) is 0 Å². The first-order valence-corrected chi connectivity index (χ1v) is 5.87. The van der Waals surface area contributed by atoms with Crippen LogP contribution in [0.25, 0.3) is 0 Å². The normalized spacial score (nSPS) is 18.1. The molecule has 1 fully saturated rings. The fraction of sp³-hybridized carbons (Fsp3) is 0.909. The minimum absolute atomic E-state index is 0.259. The van der Waals surface area contributed by atoms with Crippen LogP contribution in [0.4, 0.5) is 0 Å². The van der Waals surface area contributed by atoms with Crippen LogP contribution in [0.3, 0.4) is 0 Å². The van der Waals surface area contributed by atoms with E-state index >= 15 is 0 Å². The molecule has 0 aromatic heterocycles. The van der Waals surface area contributed by atoms with E-state index in [1.807, 2.05) is 11.8 Å². The standard InChI is InChI=1S/C11H23N3O/c1-4-14(10(2)3)11(15)9-13-7-5-12-6-8-13/h10,12H,4-9H2,1-3H3. The molecule has 0 saturated carbocycles. The number of carbonyl (C=O) groups is 1. The molecule has 0 bridgehead atoms. The molecule has 1 rings (SSSR count). The van der Waals surface area contributed by atoms with E-state index < -0.39 is 0 Å². The number of hydrogen-bond acceptors (Lipinski definition) is 3. The third kappa shape index (κ3) is 3.80. The molecule has 0 atom stereocenters. The van der Waals surface area contributed by atoms with Gasteiger partial charge in [-0.2, -0.15) is 0 Å². The Labute approximate surface area is 92.6 Å². The summed E-state index contributed by atoms with van der Waals surface area (Å²) in [5, 5.41) is 3.29. The van der Waals surface area contributed by atoms with E-state index in [0.29, 0.717) is 12.6 Å². The summed E-state index contributed by atoms with van der Waals surface area (Å²) >= 11 is 0. The molecule has 0 aromatic rings. The van der Waals surface area contributed by atoms with Crippen molar-refractivity contribution in [3.8, 4) is 0 Å². The minimum atomic E-state index is 0.259. The molecule has 4 heteroatoms. The van der Waals surface area contributed by atoms with E-state index in [2.05, 4.69) is 24.1 Å². The Bertz CT molecular complexity index is 200. The third-order valence-electron chi connectivity index (χ3n) is 2.85.